The van der Waals surface area contributed by atoms with Crippen molar-refractivity contribution < 1.29 is 14.6 Å². The minimum Gasteiger partial charge on any atom is -0.394 e. The lowest BCUT2D eigenvalue weighted by atomic mass is 10.1. The summed E-state index contributed by atoms with van der Waals surface area (Å²) in [6.45, 7) is 2.96. The SMILES string of the molecule is CC1CN(C(=O)Cc2ccccc2)CC(CO)O1. The van der Waals surface area contributed by atoms with Gasteiger partial charge in [-0.3, -0.25) is 4.79 Å². The van der Waals surface area contributed by atoms with Crippen molar-refractivity contribution in [2.75, 3.05) is 19.7 Å². The minimum absolute atomic E-state index is 0.0179. The monoisotopic (exact) mass is 249 g/mol. The van der Waals surface area contributed by atoms with E-state index in [1.807, 2.05) is 37.3 Å². The number of carbonyl (C=O) groups is 1. The molecule has 1 amide bonds. The summed E-state index contributed by atoms with van der Waals surface area (Å²) in [4.78, 5) is 13.9. The Morgan fingerprint density at radius 1 is 1.39 bits per heavy atom. The number of ether oxygens (including phenoxy) is 1. The smallest absolute Gasteiger partial charge is 0.227 e. The molecule has 0 radical (unpaired) electrons. The van der Waals surface area contributed by atoms with Crippen molar-refractivity contribution in [1.29, 1.82) is 0 Å². The zero-order valence-electron chi connectivity index (χ0n) is 10.6. The predicted molar refractivity (Wildman–Crippen MR) is 68.1 cm³/mol. The zero-order chi connectivity index (χ0) is 13.0. The number of amides is 1. The first-order chi connectivity index (χ1) is 8.69. The zero-order valence-corrected chi connectivity index (χ0v) is 10.6. The molecule has 1 saturated heterocycles. The van der Waals surface area contributed by atoms with E-state index in [1.165, 1.54) is 0 Å². The van der Waals surface area contributed by atoms with Crippen LogP contribution in [0.4, 0.5) is 0 Å². The van der Waals surface area contributed by atoms with Crippen molar-refractivity contribution in [1.82, 2.24) is 4.90 Å². The fourth-order valence-electron chi connectivity index (χ4n) is 2.23. The third kappa shape index (κ3) is 3.31. The second-order valence-electron chi connectivity index (χ2n) is 4.71. The molecule has 1 aromatic rings. The summed E-state index contributed by atoms with van der Waals surface area (Å²) in [7, 11) is 0. The van der Waals surface area contributed by atoms with Gasteiger partial charge in [0.15, 0.2) is 0 Å². The van der Waals surface area contributed by atoms with E-state index < -0.39 is 0 Å². The van der Waals surface area contributed by atoms with E-state index in [-0.39, 0.29) is 24.7 Å². The Bertz CT molecular complexity index is 393. The van der Waals surface area contributed by atoms with Gasteiger partial charge < -0.3 is 14.7 Å². The first-order valence-corrected chi connectivity index (χ1v) is 6.27. The molecule has 2 rings (SSSR count). The van der Waals surface area contributed by atoms with Crippen LogP contribution in [0, 0.1) is 0 Å². The van der Waals surface area contributed by atoms with Crippen molar-refractivity contribution >= 4 is 5.91 Å². The van der Waals surface area contributed by atoms with Crippen molar-refractivity contribution in [2.24, 2.45) is 0 Å². The molecule has 0 saturated carbocycles. The topological polar surface area (TPSA) is 49.8 Å². The Morgan fingerprint density at radius 3 is 2.78 bits per heavy atom. The van der Waals surface area contributed by atoms with Crippen LogP contribution in [-0.4, -0.2) is 47.8 Å². The molecule has 4 heteroatoms. The molecule has 2 unspecified atom stereocenters. The third-order valence-corrected chi connectivity index (χ3v) is 3.08. The Morgan fingerprint density at radius 2 is 2.11 bits per heavy atom. The van der Waals surface area contributed by atoms with Crippen LogP contribution in [0.15, 0.2) is 30.3 Å². The number of aliphatic hydroxyl groups is 1. The fourth-order valence-corrected chi connectivity index (χ4v) is 2.23. The van der Waals surface area contributed by atoms with E-state index in [0.717, 1.165) is 5.56 Å². The number of aliphatic hydroxyl groups excluding tert-OH is 1. The van der Waals surface area contributed by atoms with Crippen LogP contribution in [0.3, 0.4) is 0 Å². The van der Waals surface area contributed by atoms with Gasteiger partial charge in [0.05, 0.1) is 25.2 Å². The normalized spacial score (nSPS) is 24.0. The first kappa shape index (κ1) is 13.1. The molecule has 1 aliphatic rings. The quantitative estimate of drug-likeness (QED) is 0.863. The van der Waals surface area contributed by atoms with Crippen molar-refractivity contribution in [2.45, 2.75) is 25.6 Å². The van der Waals surface area contributed by atoms with Gasteiger partial charge in [-0.1, -0.05) is 30.3 Å². The van der Waals surface area contributed by atoms with Gasteiger partial charge in [0, 0.05) is 13.1 Å². The molecule has 1 aliphatic heterocycles. The average Bonchev–Trinajstić information content (AvgIpc) is 2.39. The summed E-state index contributed by atoms with van der Waals surface area (Å²) in [5.41, 5.74) is 1.02. The van der Waals surface area contributed by atoms with Gasteiger partial charge in [0.2, 0.25) is 5.91 Å². The summed E-state index contributed by atoms with van der Waals surface area (Å²) in [6.07, 6.45) is 0.134. The molecule has 98 valence electrons. The molecule has 18 heavy (non-hydrogen) atoms. The highest BCUT2D eigenvalue weighted by Crippen LogP contribution is 2.12. The van der Waals surface area contributed by atoms with Gasteiger partial charge in [0.1, 0.15) is 0 Å². The molecule has 1 heterocycles. The second-order valence-corrected chi connectivity index (χ2v) is 4.71. The van der Waals surface area contributed by atoms with E-state index in [2.05, 4.69) is 0 Å². The molecule has 1 aromatic carbocycles. The molecule has 0 spiro atoms. The Hall–Kier alpha value is -1.39. The highest BCUT2D eigenvalue weighted by Gasteiger charge is 2.27. The number of hydrogen-bond acceptors (Lipinski definition) is 3. The number of hydrogen-bond donors (Lipinski definition) is 1. The van der Waals surface area contributed by atoms with Crippen molar-refractivity contribution in [3.05, 3.63) is 35.9 Å². The van der Waals surface area contributed by atoms with Crippen LogP contribution >= 0.6 is 0 Å². The lowest BCUT2D eigenvalue weighted by Crippen LogP contribution is -2.50. The molecular formula is C14H19NO3. The number of rotatable bonds is 3. The van der Waals surface area contributed by atoms with Gasteiger partial charge in [-0.15, -0.1) is 0 Å². The van der Waals surface area contributed by atoms with Gasteiger partial charge in [-0.05, 0) is 12.5 Å². The lowest BCUT2D eigenvalue weighted by Gasteiger charge is -2.36. The maximum atomic E-state index is 12.2. The average molecular weight is 249 g/mol. The van der Waals surface area contributed by atoms with E-state index in [1.54, 1.807) is 4.90 Å². The predicted octanol–water partition coefficient (Wildman–Crippen LogP) is 0.837. The molecule has 1 N–H and O–H groups in total. The second kappa shape index (κ2) is 5.98. The van der Waals surface area contributed by atoms with Crippen LogP contribution in [-0.2, 0) is 16.0 Å². The van der Waals surface area contributed by atoms with E-state index in [0.29, 0.717) is 19.5 Å². The van der Waals surface area contributed by atoms with Crippen molar-refractivity contribution in [3.63, 3.8) is 0 Å². The van der Waals surface area contributed by atoms with Gasteiger partial charge in [0.25, 0.3) is 0 Å². The highest BCUT2D eigenvalue weighted by molar-refractivity contribution is 5.78. The van der Waals surface area contributed by atoms with E-state index in [4.69, 9.17) is 9.84 Å². The number of carbonyl (C=O) groups excluding carboxylic acids is 1. The lowest BCUT2D eigenvalue weighted by molar-refractivity contribution is -0.146. The molecule has 4 nitrogen and oxygen atoms in total. The van der Waals surface area contributed by atoms with Crippen LogP contribution in [0.25, 0.3) is 0 Å². The maximum absolute atomic E-state index is 12.2. The summed E-state index contributed by atoms with van der Waals surface area (Å²) < 4.78 is 5.52. The Kier molecular flexibility index (Phi) is 4.33. The molecular weight excluding hydrogens is 230 g/mol. The fraction of sp³-hybridized carbons (Fsp3) is 0.500. The third-order valence-electron chi connectivity index (χ3n) is 3.08. The number of benzene rings is 1. The maximum Gasteiger partial charge on any atom is 0.227 e. The summed E-state index contributed by atoms with van der Waals surface area (Å²) in [6, 6.07) is 9.70. The van der Waals surface area contributed by atoms with Crippen LogP contribution in [0.2, 0.25) is 0 Å². The first-order valence-electron chi connectivity index (χ1n) is 6.27. The van der Waals surface area contributed by atoms with Gasteiger partial charge in [-0.25, -0.2) is 0 Å². The molecule has 0 aliphatic carbocycles. The Labute approximate surface area is 107 Å². The minimum atomic E-state index is -0.256. The highest BCUT2D eigenvalue weighted by atomic mass is 16.5. The van der Waals surface area contributed by atoms with Gasteiger partial charge >= 0.3 is 0 Å². The standard InChI is InChI=1S/C14H19NO3/c1-11-8-15(9-13(10-16)18-11)14(17)7-12-5-3-2-4-6-12/h2-6,11,13,16H,7-10H2,1H3. The molecule has 0 bridgehead atoms. The summed E-state index contributed by atoms with van der Waals surface area (Å²) >= 11 is 0. The largest absolute Gasteiger partial charge is 0.394 e. The van der Waals surface area contributed by atoms with Gasteiger partial charge in [-0.2, -0.15) is 0 Å². The number of morpholine rings is 1. The number of nitrogens with zero attached hydrogens (tertiary/aromatic N) is 1. The summed E-state index contributed by atoms with van der Waals surface area (Å²) in [5, 5.41) is 9.14. The molecule has 0 aromatic heterocycles. The Balaban J connectivity index is 1.96. The van der Waals surface area contributed by atoms with Crippen LogP contribution < -0.4 is 0 Å². The van der Waals surface area contributed by atoms with Crippen LogP contribution in [0.1, 0.15) is 12.5 Å². The van der Waals surface area contributed by atoms with Crippen LogP contribution in [0.5, 0.6) is 0 Å². The molecule has 2 atom stereocenters. The summed E-state index contributed by atoms with van der Waals surface area (Å²) in [5.74, 6) is 0.0924. The van der Waals surface area contributed by atoms with E-state index in [9.17, 15) is 4.79 Å². The van der Waals surface area contributed by atoms with Crippen molar-refractivity contribution in [3.8, 4) is 0 Å². The molecule has 1 fully saturated rings. The van der Waals surface area contributed by atoms with E-state index >= 15 is 0 Å².